The molecule has 0 saturated carbocycles. The second-order valence-electron chi connectivity index (χ2n) is 5.27. The van der Waals surface area contributed by atoms with Gasteiger partial charge >= 0.3 is 0 Å². The Balaban J connectivity index is 1.91. The number of hydrogen-bond donors (Lipinski definition) is 1. The summed E-state index contributed by atoms with van der Waals surface area (Å²) < 4.78 is 5.64. The Morgan fingerprint density at radius 3 is 3.11 bits per heavy atom. The van der Waals surface area contributed by atoms with Crippen molar-refractivity contribution in [2.75, 3.05) is 19.6 Å². The molecule has 0 spiro atoms. The molecular weight excluding hydrogens is 226 g/mol. The summed E-state index contributed by atoms with van der Waals surface area (Å²) in [6.07, 6.45) is 5.55. The highest BCUT2D eigenvalue weighted by atomic mass is 16.4. The van der Waals surface area contributed by atoms with Crippen molar-refractivity contribution >= 4 is 0 Å². The first kappa shape index (κ1) is 13.6. The summed E-state index contributed by atoms with van der Waals surface area (Å²) in [5.41, 5.74) is 0. The zero-order valence-corrected chi connectivity index (χ0v) is 11.8. The standard InChI is InChI=1S/C14H25N3O/c1-4-7-15-13-6-5-8-17(10-13)12(3)14-16-9-11(2)18-14/h9,12-13,15H,4-8,10H2,1-3H3. The molecule has 0 bridgehead atoms. The third kappa shape index (κ3) is 3.33. The van der Waals surface area contributed by atoms with Crippen molar-refractivity contribution in [2.24, 2.45) is 0 Å². The van der Waals surface area contributed by atoms with Crippen molar-refractivity contribution in [1.82, 2.24) is 15.2 Å². The fraction of sp³-hybridized carbons (Fsp3) is 0.786. The molecule has 1 aliphatic rings. The van der Waals surface area contributed by atoms with Crippen molar-refractivity contribution in [2.45, 2.75) is 52.1 Å². The molecule has 1 aliphatic heterocycles. The van der Waals surface area contributed by atoms with Crippen LogP contribution in [0.25, 0.3) is 0 Å². The lowest BCUT2D eigenvalue weighted by Crippen LogP contribution is -2.46. The van der Waals surface area contributed by atoms with Gasteiger partial charge < -0.3 is 9.73 Å². The molecule has 1 fully saturated rings. The fourth-order valence-corrected chi connectivity index (χ4v) is 2.59. The molecule has 0 radical (unpaired) electrons. The van der Waals surface area contributed by atoms with Gasteiger partial charge in [-0.05, 0) is 46.2 Å². The number of nitrogens with one attached hydrogen (secondary N) is 1. The lowest BCUT2D eigenvalue weighted by molar-refractivity contribution is 0.128. The number of nitrogens with zero attached hydrogens (tertiary/aromatic N) is 2. The molecule has 4 heteroatoms. The van der Waals surface area contributed by atoms with Crippen LogP contribution in [0.4, 0.5) is 0 Å². The minimum atomic E-state index is 0.282. The zero-order chi connectivity index (χ0) is 13.0. The molecule has 4 nitrogen and oxygen atoms in total. The smallest absolute Gasteiger partial charge is 0.211 e. The number of aromatic nitrogens is 1. The molecule has 2 unspecified atom stereocenters. The Bertz CT molecular complexity index is 364. The van der Waals surface area contributed by atoms with E-state index >= 15 is 0 Å². The van der Waals surface area contributed by atoms with Gasteiger partial charge in [-0.25, -0.2) is 4.98 Å². The molecule has 1 aromatic heterocycles. The largest absolute Gasteiger partial charge is 0.444 e. The summed E-state index contributed by atoms with van der Waals surface area (Å²) in [6, 6.07) is 0.905. The van der Waals surface area contributed by atoms with Crippen LogP contribution >= 0.6 is 0 Å². The first-order chi connectivity index (χ1) is 8.70. The zero-order valence-electron chi connectivity index (χ0n) is 11.8. The maximum atomic E-state index is 5.64. The molecule has 0 aliphatic carbocycles. The van der Waals surface area contributed by atoms with E-state index in [4.69, 9.17) is 4.42 Å². The van der Waals surface area contributed by atoms with Gasteiger partial charge in [-0.1, -0.05) is 6.92 Å². The monoisotopic (exact) mass is 251 g/mol. The molecule has 102 valence electrons. The summed E-state index contributed by atoms with van der Waals surface area (Å²) in [6.45, 7) is 9.71. The molecule has 18 heavy (non-hydrogen) atoms. The Morgan fingerprint density at radius 1 is 1.61 bits per heavy atom. The molecule has 2 rings (SSSR count). The highest BCUT2D eigenvalue weighted by molar-refractivity contribution is 4.97. The average molecular weight is 251 g/mol. The van der Waals surface area contributed by atoms with Crippen LogP contribution in [0, 0.1) is 6.92 Å². The number of rotatable bonds is 5. The molecule has 2 atom stereocenters. The van der Waals surface area contributed by atoms with Gasteiger partial charge in [-0.2, -0.15) is 0 Å². The second kappa shape index (κ2) is 6.34. The van der Waals surface area contributed by atoms with Crippen molar-refractivity contribution in [3.63, 3.8) is 0 Å². The summed E-state index contributed by atoms with van der Waals surface area (Å²) in [5.74, 6) is 1.75. The lowest BCUT2D eigenvalue weighted by Gasteiger charge is -2.36. The molecule has 0 aromatic carbocycles. The van der Waals surface area contributed by atoms with Crippen LogP contribution in [0.2, 0.25) is 0 Å². The van der Waals surface area contributed by atoms with Crippen LogP contribution in [0.3, 0.4) is 0 Å². The van der Waals surface area contributed by atoms with Crippen molar-refractivity contribution in [3.8, 4) is 0 Å². The molecular formula is C14H25N3O. The summed E-state index contributed by atoms with van der Waals surface area (Å²) in [4.78, 5) is 6.82. The summed E-state index contributed by atoms with van der Waals surface area (Å²) in [7, 11) is 0. The number of piperidine rings is 1. The lowest BCUT2D eigenvalue weighted by atomic mass is 10.0. The first-order valence-corrected chi connectivity index (χ1v) is 7.10. The van der Waals surface area contributed by atoms with Crippen LogP contribution in [0.1, 0.15) is 50.8 Å². The Morgan fingerprint density at radius 2 is 2.44 bits per heavy atom. The Kier molecular flexibility index (Phi) is 4.78. The van der Waals surface area contributed by atoms with Crippen LogP contribution in [-0.4, -0.2) is 35.6 Å². The van der Waals surface area contributed by atoms with Crippen molar-refractivity contribution < 1.29 is 4.42 Å². The number of likely N-dealkylation sites (tertiary alicyclic amines) is 1. The van der Waals surface area contributed by atoms with Gasteiger partial charge in [0, 0.05) is 12.6 Å². The van der Waals surface area contributed by atoms with Gasteiger partial charge in [0.1, 0.15) is 5.76 Å². The fourth-order valence-electron chi connectivity index (χ4n) is 2.59. The van der Waals surface area contributed by atoms with E-state index in [9.17, 15) is 0 Å². The maximum Gasteiger partial charge on any atom is 0.211 e. The van der Waals surface area contributed by atoms with E-state index in [1.54, 1.807) is 0 Å². The first-order valence-electron chi connectivity index (χ1n) is 7.10. The predicted octanol–water partition coefficient (Wildman–Crippen LogP) is 2.51. The third-order valence-corrected chi connectivity index (χ3v) is 3.68. The minimum Gasteiger partial charge on any atom is -0.444 e. The topological polar surface area (TPSA) is 41.3 Å². The predicted molar refractivity (Wildman–Crippen MR) is 72.5 cm³/mol. The van der Waals surface area contributed by atoms with Gasteiger partial charge in [-0.15, -0.1) is 0 Å². The van der Waals surface area contributed by atoms with E-state index in [2.05, 4.69) is 29.0 Å². The van der Waals surface area contributed by atoms with Crippen LogP contribution in [-0.2, 0) is 0 Å². The van der Waals surface area contributed by atoms with Crippen LogP contribution in [0.15, 0.2) is 10.6 Å². The second-order valence-corrected chi connectivity index (χ2v) is 5.27. The molecule has 1 N–H and O–H groups in total. The molecule has 0 amide bonds. The summed E-state index contributed by atoms with van der Waals surface area (Å²) in [5, 5.41) is 3.62. The number of aryl methyl sites for hydroxylation is 1. The van der Waals surface area contributed by atoms with E-state index < -0.39 is 0 Å². The summed E-state index contributed by atoms with van der Waals surface area (Å²) >= 11 is 0. The van der Waals surface area contributed by atoms with Crippen molar-refractivity contribution in [3.05, 3.63) is 17.8 Å². The third-order valence-electron chi connectivity index (χ3n) is 3.68. The van der Waals surface area contributed by atoms with Gasteiger partial charge in [-0.3, -0.25) is 4.90 Å². The Hall–Kier alpha value is -0.870. The molecule has 2 heterocycles. The van der Waals surface area contributed by atoms with Crippen LogP contribution < -0.4 is 5.32 Å². The minimum absolute atomic E-state index is 0.282. The molecule has 1 aromatic rings. The average Bonchev–Trinajstić information content (AvgIpc) is 2.82. The number of hydrogen-bond acceptors (Lipinski definition) is 4. The van der Waals surface area contributed by atoms with E-state index in [0.717, 1.165) is 31.3 Å². The van der Waals surface area contributed by atoms with Crippen LogP contribution in [0.5, 0.6) is 0 Å². The Labute approximate surface area is 110 Å². The number of oxazole rings is 1. The SMILES string of the molecule is CCCNC1CCCN(C(C)c2ncc(C)o2)C1. The van der Waals surface area contributed by atoms with E-state index in [0.29, 0.717) is 6.04 Å². The molecule has 1 saturated heterocycles. The van der Waals surface area contributed by atoms with Gasteiger partial charge in [0.2, 0.25) is 5.89 Å². The van der Waals surface area contributed by atoms with E-state index in [1.165, 1.54) is 19.3 Å². The highest BCUT2D eigenvalue weighted by Gasteiger charge is 2.26. The van der Waals surface area contributed by atoms with Crippen molar-refractivity contribution in [1.29, 1.82) is 0 Å². The van der Waals surface area contributed by atoms with E-state index in [1.807, 2.05) is 13.1 Å². The van der Waals surface area contributed by atoms with E-state index in [-0.39, 0.29) is 6.04 Å². The van der Waals surface area contributed by atoms with Gasteiger partial charge in [0.25, 0.3) is 0 Å². The normalized spacial score (nSPS) is 23.2. The highest BCUT2D eigenvalue weighted by Crippen LogP contribution is 2.23. The van der Waals surface area contributed by atoms with Gasteiger partial charge in [0.15, 0.2) is 0 Å². The quantitative estimate of drug-likeness (QED) is 0.873. The maximum absolute atomic E-state index is 5.64. The van der Waals surface area contributed by atoms with Gasteiger partial charge in [0.05, 0.1) is 12.2 Å².